The van der Waals surface area contributed by atoms with Gasteiger partial charge >= 0.3 is 5.69 Å². The Labute approximate surface area is 123 Å². The molecule has 3 N–H and O–H groups in total. The lowest BCUT2D eigenvalue weighted by Crippen LogP contribution is -2.36. The van der Waals surface area contributed by atoms with Gasteiger partial charge in [-0.05, 0) is 37.8 Å². The first kappa shape index (κ1) is 15.7. The molecule has 21 heavy (non-hydrogen) atoms. The summed E-state index contributed by atoms with van der Waals surface area (Å²) in [5.74, 6) is 5.55. The minimum atomic E-state index is -3.96. The van der Waals surface area contributed by atoms with E-state index < -0.39 is 20.6 Å². The second kappa shape index (κ2) is 5.58. The number of rotatable bonds is 6. The van der Waals surface area contributed by atoms with Crippen molar-refractivity contribution in [3.05, 3.63) is 28.3 Å². The van der Waals surface area contributed by atoms with Gasteiger partial charge in [0.05, 0.1) is 4.92 Å². The van der Waals surface area contributed by atoms with Gasteiger partial charge in [0, 0.05) is 13.1 Å². The van der Waals surface area contributed by atoms with E-state index in [1.54, 1.807) is 0 Å². The predicted molar refractivity (Wildman–Crippen MR) is 78.0 cm³/mol. The number of sulfonamides is 1. The van der Waals surface area contributed by atoms with Crippen molar-refractivity contribution >= 4 is 21.4 Å². The number of hydrogen-bond acceptors (Lipinski definition) is 6. The van der Waals surface area contributed by atoms with E-state index >= 15 is 0 Å². The predicted octanol–water partition coefficient (Wildman–Crippen LogP) is 1.30. The van der Waals surface area contributed by atoms with Crippen LogP contribution in [-0.4, -0.2) is 30.7 Å². The average Bonchev–Trinajstić information content (AvgIpc) is 3.29. The third-order valence-corrected chi connectivity index (χ3v) is 5.85. The van der Waals surface area contributed by atoms with Gasteiger partial charge in [-0.3, -0.25) is 16.0 Å². The lowest BCUT2D eigenvalue weighted by molar-refractivity contribution is -0.386. The maximum absolute atomic E-state index is 12.7. The molecule has 1 fully saturated rings. The SMILES string of the molecule is CC(C1CC1)N(C)S(=O)(=O)c1cccc(NN)c1[N+](=O)[O-]. The van der Waals surface area contributed by atoms with Crippen molar-refractivity contribution in [2.24, 2.45) is 11.8 Å². The number of benzene rings is 1. The number of nitrogens with two attached hydrogens (primary N) is 1. The van der Waals surface area contributed by atoms with Crippen LogP contribution in [0.25, 0.3) is 0 Å². The van der Waals surface area contributed by atoms with Crippen molar-refractivity contribution in [2.75, 3.05) is 12.5 Å². The molecule has 0 spiro atoms. The molecule has 8 nitrogen and oxygen atoms in total. The monoisotopic (exact) mass is 314 g/mol. The number of hydrogen-bond donors (Lipinski definition) is 2. The maximum Gasteiger partial charge on any atom is 0.313 e. The van der Waals surface area contributed by atoms with E-state index in [0.717, 1.165) is 12.8 Å². The number of nitrogens with zero attached hydrogens (tertiary/aromatic N) is 2. The Morgan fingerprint density at radius 1 is 1.48 bits per heavy atom. The molecule has 0 amide bonds. The summed E-state index contributed by atoms with van der Waals surface area (Å²) in [5.41, 5.74) is 1.60. The fourth-order valence-electron chi connectivity index (χ4n) is 2.28. The second-order valence-electron chi connectivity index (χ2n) is 5.15. The highest BCUT2D eigenvalue weighted by molar-refractivity contribution is 7.89. The van der Waals surface area contributed by atoms with Crippen LogP contribution in [0.2, 0.25) is 0 Å². The standard InChI is InChI=1S/C12H18N4O4S/c1-8(9-6-7-9)15(2)21(19,20)11-5-3-4-10(14-13)12(11)16(17)18/h3-5,8-9,14H,6-7,13H2,1-2H3. The van der Waals surface area contributed by atoms with Gasteiger partial charge in [-0.25, -0.2) is 8.42 Å². The number of para-hydroxylation sites is 1. The highest BCUT2D eigenvalue weighted by atomic mass is 32.2. The quantitative estimate of drug-likeness (QED) is 0.464. The molecule has 0 saturated heterocycles. The normalized spacial score (nSPS) is 16.8. The Morgan fingerprint density at radius 3 is 2.57 bits per heavy atom. The van der Waals surface area contributed by atoms with Gasteiger partial charge in [0.2, 0.25) is 10.0 Å². The average molecular weight is 314 g/mol. The molecular formula is C12H18N4O4S. The summed E-state index contributed by atoms with van der Waals surface area (Å²) in [5, 5.41) is 11.2. The number of nitro groups is 1. The number of hydrazine groups is 1. The molecule has 116 valence electrons. The lowest BCUT2D eigenvalue weighted by Gasteiger charge is -2.24. The molecule has 1 aromatic carbocycles. The Hall–Kier alpha value is -1.71. The largest absolute Gasteiger partial charge is 0.318 e. The smallest absolute Gasteiger partial charge is 0.313 e. The van der Waals surface area contributed by atoms with Crippen molar-refractivity contribution in [3.63, 3.8) is 0 Å². The highest BCUT2D eigenvalue weighted by Crippen LogP contribution is 2.38. The van der Waals surface area contributed by atoms with E-state index in [1.807, 2.05) is 6.92 Å². The Bertz CT molecular complexity index is 657. The number of nitrogens with one attached hydrogen (secondary N) is 1. The van der Waals surface area contributed by atoms with Gasteiger partial charge in [-0.2, -0.15) is 4.31 Å². The summed E-state index contributed by atoms with van der Waals surface area (Å²) in [6.07, 6.45) is 1.96. The van der Waals surface area contributed by atoms with Gasteiger partial charge in [0.15, 0.2) is 4.90 Å². The van der Waals surface area contributed by atoms with Gasteiger partial charge in [0.1, 0.15) is 5.69 Å². The van der Waals surface area contributed by atoms with Gasteiger partial charge in [-0.1, -0.05) is 6.07 Å². The van der Waals surface area contributed by atoms with Crippen LogP contribution in [-0.2, 0) is 10.0 Å². The van der Waals surface area contributed by atoms with Gasteiger partial charge < -0.3 is 5.43 Å². The summed E-state index contributed by atoms with van der Waals surface area (Å²) >= 11 is 0. The van der Waals surface area contributed by atoms with Crippen molar-refractivity contribution in [3.8, 4) is 0 Å². The fourth-order valence-corrected chi connectivity index (χ4v) is 3.88. The summed E-state index contributed by atoms with van der Waals surface area (Å²) in [6.45, 7) is 1.81. The molecule has 0 heterocycles. The molecule has 1 atom stereocenters. The molecular weight excluding hydrogens is 296 g/mol. The fraction of sp³-hybridized carbons (Fsp3) is 0.500. The number of nitro benzene ring substituents is 1. The van der Waals surface area contributed by atoms with Crippen LogP contribution >= 0.6 is 0 Å². The molecule has 1 unspecified atom stereocenters. The van der Waals surface area contributed by atoms with Crippen LogP contribution < -0.4 is 11.3 Å². The molecule has 0 aliphatic heterocycles. The van der Waals surface area contributed by atoms with E-state index in [4.69, 9.17) is 5.84 Å². The first-order chi connectivity index (χ1) is 9.80. The Kier molecular flexibility index (Phi) is 4.17. The molecule has 9 heteroatoms. The third-order valence-electron chi connectivity index (χ3n) is 3.87. The van der Waals surface area contributed by atoms with Gasteiger partial charge in [0.25, 0.3) is 0 Å². The summed E-state index contributed by atoms with van der Waals surface area (Å²) in [4.78, 5) is 10.1. The Balaban J connectivity index is 2.51. The molecule has 1 aliphatic carbocycles. The van der Waals surface area contributed by atoms with Crippen molar-refractivity contribution in [2.45, 2.75) is 30.7 Å². The molecule has 0 aromatic heterocycles. The van der Waals surface area contributed by atoms with Crippen LogP contribution in [0.15, 0.2) is 23.1 Å². The van der Waals surface area contributed by atoms with Crippen LogP contribution in [0.3, 0.4) is 0 Å². The number of nitrogen functional groups attached to an aromatic ring is 1. The van der Waals surface area contributed by atoms with E-state index in [9.17, 15) is 18.5 Å². The third kappa shape index (κ3) is 2.85. The first-order valence-electron chi connectivity index (χ1n) is 6.52. The van der Waals surface area contributed by atoms with Crippen LogP contribution in [0, 0.1) is 16.0 Å². The van der Waals surface area contributed by atoms with E-state index in [-0.39, 0.29) is 16.6 Å². The molecule has 2 rings (SSSR count). The highest BCUT2D eigenvalue weighted by Gasteiger charge is 2.39. The van der Waals surface area contributed by atoms with Crippen LogP contribution in [0.1, 0.15) is 19.8 Å². The van der Waals surface area contributed by atoms with Gasteiger partial charge in [-0.15, -0.1) is 0 Å². The Morgan fingerprint density at radius 2 is 2.10 bits per heavy atom. The number of anilines is 1. The van der Waals surface area contributed by atoms with Crippen LogP contribution in [0.4, 0.5) is 11.4 Å². The first-order valence-corrected chi connectivity index (χ1v) is 7.96. The van der Waals surface area contributed by atoms with Crippen LogP contribution in [0.5, 0.6) is 0 Å². The van der Waals surface area contributed by atoms with Crippen molar-refractivity contribution in [1.82, 2.24) is 4.31 Å². The van der Waals surface area contributed by atoms with E-state index in [2.05, 4.69) is 5.43 Å². The zero-order valence-corrected chi connectivity index (χ0v) is 12.6. The molecule has 0 bridgehead atoms. The molecule has 0 radical (unpaired) electrons. The summed E-state index contributed by atoms with van der Waals surface area (Å²) in [6, 6.07) is 3.82. The second-order valence-corrected chi connectivity index (χ2v) is 7.12. The van der Waals surface area contributed by atoms with Crippen molar-refractivity contribution < 1.29 is 13.3 Å². The summed E-state index contributed by atoms with van der Waals surface area (Å²) in [7, 11) is -2.51. The lowest BCUT2D eigenvalue weighted by atomic mass is 10.2. The molecule has 1 aromatic rings. The molecule has 1 aliphatic rings. The van der Waals surface area contributed by atoms with Crippen molar-refractivity contribution in [1.29, 1.82) is 0 Å². The van der Waals surface area contributed by atoms with E-state index in [1.165, 1.54) is 29.6 Å². The zero-order chi connectivity index (χ0) is 15.8. The topological polar surface area (TPSA) is 119 Å². The molecule has 1 saturated carbocycles. The minimum Gasteiger partial charge on any atom is -0.318 e. The van der Waals surface area contributed by atoms with E-state index in [0.29, 0.717) is 5.92 Å². The maximum atomic E-state index is 12.7. The zero-order valence-electron chi connectivity index (χ0n) is 11.8. The minimum absolute atomic E-state index is 0.0337. The summed E-state index contributed by atoms with van der Waals surface area (Å²) < 4.78 is 26.5.